The maximum Gasteiger partial charge on any atom is 0.417 e. The van der Waals surface area contributed by atoms with Crippen LogP contribution in [0.5, 0.6) is 5.75 Å². The van der Waals surface area contributed by atoms with Crippen molar-refractivity contribution in [1.82, 2.24) is 10.3 Å². The van der Waals surface area contributed by atoms with E-state index in [9.17, 15) is 22.8 Å². The average Bonchev–Trinajstić information content (AvgIpc) is 3.10. The molecule has 1 N–H and O–H groups in total. The van der Waals surface area contributed by atoms with E-state index in [4.69, 9.17) is 42.4 Å². The van der Waals surface area contributed by atoms with Gasteiger partial charge in [-0.15, -0.1) is 0 Å². The molecule has 1 amide bonds. The molecule has 0 atom stereocenters. The Morgan fingerprint density at radius 3 is 2.20 bits per heavy atom. The lowest BCUT2D eigenvalue weighted by molar-refractivity contribution is -0.138. The van der Waals surface area contributed by atoms with Gasteiger partial charge in [-0.1, -0.05) is 88.1 Å². The molecule has 0 spiro atoms. The lowest BCUT2D eigenvalue weighted by atomic mass is 10.0. The van der Waals surface area contributed by atoms with Gasteiger partial charge in [-0.3, -0.25) is 9.78 Å². The molecule has 270 valence electrons. The van der Waals surface area contributed by atoms with Crippen LogP contribution in [0.15, 0.2) is 95.4 Å². The summed E-state index contributed by atoms with van der Waals surface area (Å²) in [5.41, 5.74) is 1.38. The number of pyridine rings is 1. The molecule has 0 fully saturated rings. The average molecular weight is 748 g/mol. The first-order valence-corrected chi connectivity index (χ1v) is 16.0. The number of ether oxygens (including phenoxy) is 2. The van der Waals surface area contributed by atoms with Gasteiger partial charge in [0.25, 0.3) is 5.91 Å². The summed E-state index contributed by atoms with van der Waals surface area (Å²) in [4.78, 5) is 38.3. The summed E-state index contributed by atoms with van der Waals surface area (Å²) in [6.07, 6.45) is -3.61. The smallest absolute Gasteiger partial charge is 0.417 e. The molecule has 0 bridgehead atoms. The number of esters is 1. The van der Waals surface area contributed by atoms with Crippen molar-refractivity contribution in [3.05, 3.63) is 129 Å². The van der Waals surface area contributed by atoms with Crippen LogP contribution in [0, 0.1) is 6.92 Å². The third-order valence-electron chi connectivity index (χ3n) is 6.66. The molecule has 10 nitrogen and oxygen atoms in total. The second kappa shape index (κ2) is 19.3. The monoisotopic (exact) mass is 746 g/mol. The Kier molecular flexibility index (Phi) is 15.3. The highest BCUT2D eigenvalue weighted by Crippen LogP contribution is 2.32. The molecule has 0 saturated carbocycles. The number of oxime groups is 2. The molecule has 0 unspecified atom stereocenters. The zero-order chi connectivity index (χ0) is 37.6. The minimum absolute atomic E-state index is 0.110. The Labute approximate surface area is 303 Å². The van der Waals surface area contributed by atoms with Gasteiger partial charge in [-0.05, 0) is 56.2 Å². The van der Waals surface area contributed by atoms with Crippen LogP contribution in [0.2, 0.25) is 10.0 Å². The van der Waals surface area contributed by atoms with Crippen LogP contribution in [0.4, 0.5) is 13.2 Å². The van der Waals surface area contributed by atoms with Crippen LogP contribution in [0.3, 0.4) is 0 Å². The first-order chi connectivity index (χ1) is 24.3. The summed E-state index contributed by atoms with van der Waals surface area (Å²) >= 11 is 11.9. The lowest BCUT2D eigenvalue weighted by Crippen LogP contribution is -2.32. The number of hydrogen-bond donors (Lipinski definition) is 1. The molecule has 4 aromatic rings. The van der Waals surface area contributed by atoms with Crippen molar-refractivity contribution >= 4 is 46.5 Å². The molecular weight excluding hydrogens is 712 g/mol. The third kappa shape index (κ3) is 12.0. The van der Waals surface area contributed by atoms with Crippen molar-refractivity contribution in [3.8, 4) is 5.75 Å². The molecule has 1 heterocycles. The van der Waals surface area contributed by atoms with E-state index in [1.165, 1.54) is 38.6 Å². The summed E-state index contributed by atoms with van der Waals surface area (Å²) in [5, 5.41) is 10.5. The highest BCUT2D eigenvalue weighted by Gasteiger charge is 2.35. The van der Waals surface area contributed by atoms with Crippen molar-refractivity contribution in [2.24, 2.45) is 10.3 Å². The molecule has 0 saturated heterocycles. The zero-order valence-corrected chi connectivity index (χ0v) is 29.8. The van der Waals surface area contributed by atoms with Crippen molar-refractivity contribution < 1.29 is 41.9 Å². The van der Waals surface area contributed by atoms with Gasteiger partial charge in [0, 0.05) is 11.8 Å². The van der Waals surface area contributed by atoms with E-state index in [1.807, 2.05) is 49.4 Å². The van der Waals surface area contributed by atoms with E-state index in [0.717, 1.165) is 29.0 Å². The van der Waals surface area contributed by atoms with Gasteiger partial charge in [-0.2, -0.15) is 13.2 Å². The summed E-state index contributed by atoms with van der Waals surface area (Å²) in [6, 6.07) is 21.0. The van der Waals surface area contributed by atoms with Gasteiger partial charge in [0.1, 0.15) is 37.0 Å². The largest absolute Gasteiger partial charge is 0.489 e. The van der Waals surface area contributed by atoms with Gasteiger partial charge in [0.05, 0.1) is 34.8 Å². The van der Waals surface area contributed by atoms with Crippen LogP contribution < -0.4 is 10.1 Å². The molecule has 0 radical (unpaired) electrons. The van der Waals surface area contributed by atoms with Crippen LogP contribution in [0.1, 0.15) is 52.2 Å². The van der Waals surface area contributed by atoms with E-state index < -0.39 is 29.2 Å². The Balaban J connectivity index is 0.000000281. The number of nitrogens with one attached hydrogen (secondary N) is 1. The first kappa shape index (κ1) is 40.3. The Bertz CT molecular complexity index is 1870. The van der Waals surface area contributed by atoms with Crippen LogP contribution >= 0.6 is 23.2 Å². The number of alkyl halides is 3. The molecule has 3 aromatic carbocycles. The minimum Gasteiger partial charge on any atom is -0.489 e. The van der Waals surface area contributed by atoms with Crippen molar-refractivity contribution in [2.45, 2.75) is 39.7 Å². The molecule has 0 aliphatic rings. The number of para-hydroxylation sites is 1. The normalized spacial score (nSPS) is 11.7. The first-order valence-electron chi connectivity index (χ1n) is 15.2. The number of aromatic nitrogens is 1. The maximum absolute atomic E-state index is 13.1. The van der Waals surface area contributed by atoms with E-state index >= 15 is 0 Å². The number of carbonyl (C=O) groups is 2. The predicted molar refractivity (Wildman–Crippen MR) is 188 cm³/mol. The highest BCUT2D eigenvalue weighted by molar-refractivity contribution is 6.43. The molecule has 4 rings (SSSR count). The molecule has 15 heteroatoms. The third-order valence-corrected chi connectivity index (χ3v) is 7.15. The Morgan fingerprint density at radius 2 is 1.57 bits per heavy atom. The van der Waals surface area contributed by atoms with Gasteiger partial charge in [0.2, 0.25) is 0 Å². The highest BCUT2D eigenvalue weighted by atomic mass is 35.5. The second-order valence-electron chi connectivity index (χ2n) is 10.7. The number of benzene rings is 3. The number of nitrogens with zero attached hydrogens (tertiary/aromatic N) is 3. The Morgan fingerprint density at radius 1 is 0.922 bits per heavy atom. The maximum atomic E-state index is 13.1. The summed E-state index contributed by atoms with van der Waals surface area (Å²) in [5.74, 6) is -0.684. The van der Waals surface area contributed by atoms with E-state index in [2.05, 4.69) is 20.6 Å². The fourth-order valence-electron chi connectivity index (χ4n) is 4.28. The van der Waals surface area contributed by atoms with Gasteiger partial charge >= 0.3 is 12.1 Å². The predicted octanol–water partition coefficient (Wildman–Crippen LogP) is 8.06. The molecule has 0 aliphatic carbocycles. The standard InChI is InChI=1S/C18H16Cl2F3N3O2.C18H19NO4/c1-10(2)28-26-15(16-14(20)7-11(19)8-24-16)9-25-17(27)12-5-3-4-6-13(12)18(21,22)23;1-13-8-4-7-11-16(13)23-12-14-9-5-6-10-15(14)17(19-22-3)18(20)21-2/h3-8,10H,9H2,1-2H3,(H,25,27);4-11H,12H2,1-3H3/b26-15-;19-17+. The topological polar surface area (TPSA) is 121 Å². The van der Waals surface area contributed by atoms with Crippen molar-refractivity contribution in [3.63, 3.8) is 0 Å². The van der Waals surface area contributed by atoms with Crippen LogP contribution in [-0.2, 0) is 32.0 Å². The van der Waals surface area contributed by atoms with Crippen LogP contribution in [-0.4, -0.2) is 55.2 Å². The molecule has 1 aromatic heterocycles. The zero-order valence-electron chi connectivity index (χ0n) is 28.3. The van der Waals surface area contributed by atoms with Crippen LogP contribution in [0.25, 0.3) is 0 Å². The fraction of sp³-hybridized carbons (Fsp3) is 0.250. The second-order valence-corrected chi connectivity index (χ2v) is 11.6. The number of carbonyl (C=O) groups excluding carboxylic acids is 2. The lowest BCUT2D eigenvalue weighted by Gasteiger charge is -2.14. The van der Waals surface area contributed by atoms with Crippen molar-refractivity contribution in [2.75, 3.05) is 20.8 Å². The molecule has 51 heavy (non-hydrogen) atoms. The summed E-state index contributed by atoms with van der Waals surface area (Å²) in [6.45, 7) is 5.49. The van der Waals surface area contributed by atoms with E-state index in [1.54, 1.807) is 19.9 Å². The molecule has 0 aliphatic heterocycles. The number of methoxy groups -OCH3 is 1. The van der Waals surface area contributed by atoms with Gasteiger partial charge in [0.15, 0.2) is 5.71 Å². The quantitative estimate of drug-likeness (QED) is 0.0885. The number of aryl methyl sites for hydroxylation is 1. The van der Waals surface area contributed by atoms with Gasteiger partial charge < -0.3 is 24.5 Å². The Hall–Kier alpha value is -5.14. The summed E-state index contributed by atoms with van der Waals surface area (Å²) in [7, 11) is 2.69. The van der Waals surface area contributed by atoms with Gasteiger partial charge in [-0.25, -0.2) is 4.79 Å². The fourth-order valence-corrected chi connectivity index (χ4v) is 4.77. The number of rotatable bonds is 12. The minimum atomic E-state index is -4.66. The number of hydrogen-bond acceptors (Lipinski definition) is 9. The molecular formula is C36H35Cl2F3N4O6. The van der Waals surface area contributed by atoms with E-state index in [-0.39, 0.29) is 34.8 Å². The SMILES string of the molecule is CC(C)O/N=C(/CNC(=O)c1ccccc1C(F)(F)F)c1ncc(Cl)cc1Cl.CO/N=C(/C(=O)OC)c1ccccc1COc1ccccc1C. The summed E-state index contributed by atoms with van der Waals surface area (Å²) < 4.78 is 50.0. The number of amides is 1. The van der Waals surface area contributed by atoms with Crippen molar-refractivity contribution in [1.29, 1.82) is 0 Å². The number of halogens is 5. The van der Waals surface area contributed by atoms with E-state index in [0.29, 0.717) is 17.2 Å².